The van der Waals surface area contributed by atoms with Crippen molar-refractivity contribution < 1.29 is 9.53 Å². The van der Waals surface area contributed by atoms with E-state index in [0.29, 0.717) is 16.6 Å². The topological polar surface area (TPSA) is 63.2 Å². The molecule has 0 atom stereocenters. The number of methoxy groups -OCH3 is 1. The molecule has 0 saturated heterocycles. The average Bonchev–Trinajstić information content (AvgIpc) is 2.64. The van der Waals surface area contributed by atoms with Gasteiger partial charge < -0.3 is 15.4 Å². The lowest BCUT2D eigenvalue weighted by Crippen LogP contribution is -2.25. The van der Waals surface area contributed by atoms with E-state index in [-0.39, 0.29) is 11.8 Å². The Morgan fingerprint density at radius 1 is 1.20 bits per heavy atom. The molecule has 2 aromatic rings. The number of anilines is 3. The van der Waals surface area contributed by atoms with Crippen molar-refractivity contribution in [3.8, 4) is 5.75 Å². The van der Waals surface area contributed by atoms with Gasteiger partial charge in [-0.15, -0.1) is 0 Å². The second-order valence-electron chi connectivity index (χ2n) is 6.23. The molecule has 1 aromatic carbocycles. The summed E-state index contributed by atoms with van der Waals surface area (Å²) in [6.07, 6.45) is 7.12. The predicted molar refractivity (Wildman–Crippen MR) is 101 cm³/mol. The third kappa shape index (κ3) is 4.63. The van der Waals surface area contributed by atoms with Crippen LogP contribution in [0.3, 0.4) is 0 Å². The highest BCUT2D eigenvalue weighted by Crippen LogP contribution is 2.30. The van der Waals surface area contributed by atoms with Crippen molar-refractivity contribution in [1.82, 2.24) is 4.98 Å². The molecule has 3 rings (SSSR count). The zero-order valence-electron chi connectivity index (χ0n) is 14.2. The maximum atomic E-state index is 12.3. The first-order valence-electron chi connectivity index (χ1n) is 8.53. The molecule has 0 aliphatic heterocycles. The molecule has 1 heterocycles. The summed E-state index contributed by atoms with van der Waals surface area (Å²) >= 11 is 6.04. The van der Waals surface area contributed by atoms with Gasteiger partial charge in [0.2, 0.25) is 5.91 Å². The Labute approximate surface area is 152 Å². The third-order valence-electron chi connectivity index (χ3n) is 4.43. The molecule has 1 aliphatic carbocycles. The van der Waals surface area contributed by atoms with Gasteiger partial charge in [-0.1, -0.05) is 30.9 Å². The molecule has 6 heteroatoms. The molecule has 0 spiro atoms. The SMILES string of the molecule is COc1ccc(Cl)cc1Nc1ccc(NC(=O)C2CCCCC2)nc1. The number of hydrogen-bond donors (Lipinski definition) is 2. The number of nitrogens with one attached hydrogen (secondary N) is 2. The molecule has 132 valence electrons. The fraction of sp³-hybridized carbons (Fsp3) is 0.368. The lowest BCUT2D eigenvalue weighted by molar-refractivity contribution is -0.120. The van der Waals surface area contributed by atoms with Gasteiger partial charge >= 0.3 is 0 Å². The smallest absolute Gasteiger partial charge is 0.228 e. The Bertz CT molecular complexity index is 728. The van der Waals surface area contributed by atoms with Crippen LogP contribution in [0.25, 0.3) is 0 Å². The first-order valence-corrected chi connectivity index (χ1v) is 8.91. The van der Waals surface area contributed by atoms with E-state index < -0.39 is 0 Å². The summed E-state index contributed by atoms with van der Waals surface area (Å²) in [7, 11) is 1.61. The number of benzene rings is 1. The lowest BCUT2D eigenvalue weighted by atomic mass is 9.89. The van der Waals surface area contributed by atoms with Crippen molar-refractivity contribution in [2.45, 2.75) is 32.1 Å². The summed E-state index contributed by atoms with van der Waals surface area (Å²) in [5, 5.41) is 6.75. The van der Waals surface area contributed by atoms with Crippen LogP contribution in [-0.4, -0.2) is 18.0 Å². The van der Waals surface area contributed by atoms with Crippen molar-refractivity contribution in [2.24, 2.45) is 5.92 Å². The quantitative estimate of drug-likeness (QED) is 0.788. The monoisotopic (exact) mass is 359 g/mol. The molecule has 0 bridgehead atoms. The molecule has 1 fully saturated rings. The highest BCUT2D eigenvalue weighted by molar-refractivity contribution is 6.31. The molecule has 5 nitrogen and oxygen atoms in total. The van der Waals surface area contributed by atoms with Gasteiger partial charge in [0.15, 0.2) is 0 Å². The zero-order valence-corrected chi connectivity index (χ0v) is 15.0. The highest BCUT2D eigenvalue weighted by Gasteiger charge is 2.21. The summed E-state index contributed by atoms with van der Waals surface area (Å²) < 4.78 is 5.32. The van der Waals surface area contributed by atoms with Crippen LogP contribution in [0.1, 0.15) is 32.1 Å². The van der Waals surface area contributed by atoms with E-state index in [0.717, 1.165) is 37.1 Å². The van der Waals surface area contributed by atoms with Crippen LogP contribution < -0.4 is 15.4 Å². The van der Waals surface area contributed by atoms with E-state index in [1.165, 1.54) is 6.42 Å². The van der Waals surface area contributed by atoms with Gasteiger partial charge in [-0.25, -0.2) is 4.98 Å². The van der Waals surface area contributed by atoms with E-state index in [1.807, 2.05) is 6.07 Å². The Balaban J connectivity index is 1.64. The predicted octanol–water partition coefficient (Wildman–Crippen LogP) is 5.01. The first kappa shape index (κ1) is 17.5. The van der Waals surface area contributed by atoms with Crippen LogP contribution in [0.4, 0.5) is 17.2 Å². The number of rotatable bonds is 5. The number of halogens is 1. The Kier molecular flexibility index (Phi) is 5.76. The zero-order chi connectivity index (χ0) is 17.6. The van der Waals surface area contributed by atoms with Crippen molar-refractivity contribution in [3.05, 3.63) is 41.6 Å². The summed E-state index contributed by atoms with van der Waals surface area (Å²) in [4.78, 5) is 16.6. The number of ether oxygens (including phenoxy) is 1. The molecule has 1 aliphatic rings. The van der Waals surface area contributed by atoms with E-state index in [2.05, 4.69) is 15.6 Å². The molecule has 2 N–H and O–H groups in total. The molecular formula is C19H22ClN3O2. The molecule has 1 amide bonds. The minimum Gasteiger partial charge on any atom is -0.495 e. The highest BCUT2D eigenvalue weighted by atomic mass is 35.5. The second kappa shape index (κ2) is 8.21. The Hall–Kier alpha value is -2.27. The number of nitrogens with zero attached hydrogens (tertiary/aromatic N) is 1. The van der Waals surface area contributed by atoms with E-state index in [1.54, 1.807) is 37.6 Å². The minimum absolute atomic E-state index is 0.0735. The molecular weight excluding hydrogens is 338 g/mol. The summed E-state index contributed by atoms with van der Waals surface area (Å²) in [5.41, 5.74) is 1.55. The fourth-order valence-corrected chi connectivity index (χ4v) is 3.24. The van der Waals surface area contributed by atoms with Crippen LogP contribution >= 0.6 is 11.6 Å². The third-order valence-corrected chi connectivity index (χ3v) is 4.67. The van der Waals surface area contributed by atoms with E-state index in [4.69, 9.17) is 16.3 Å². The Morgan fingerprint density at radius 3 is 2.68 bits per heavy atom. The first-order chi connectivity index (χ1) is 12.2. The van der Waals surface area contributed by atoms with Gasteiger partial charge in [-0.05, 0) is 43.2 Å². The number of amides is 1. The number of carbonyl (C=O) groups excluding carboxylic acids is 1. The largest absolute Gasteiger partial charge is 0.495 e. The van der Waals surface area contributed by atoms with Gasteiger partial charge in [-0.3, -0.25) is 4.79 Å². The van der Waals surface area contributed by atoms with Crippen molar-refractivity contribution in [3.63, 3.8) is 0 Å². The summed E-state index contributed by atoms with van der Waals surface area (Å²) in [6, 6.07) is 9.02. The van der Waals surface area contributed by atoms with Crippen LogP contribution in [0.2, 0.25) is 5.02 Å². The minimum atomic E-state index is 0.0735. The van der Waals surface area contributed by atoms with Crippen molar-refractivity contribution in [2.75, 3.05) is 17.7 Å². The number of hydrogen-bond acceptors (Lipinski definition) is 4. The fourth-order valence-electron chi connectivity index (χ4n) is 3.07. The Morgan fingerprint density at radius 2 is 2.00 bits per heavy atom. The molecule has 1 saturated carbocycles. The maximum Gasteiger partial charge on any atom is 0.228 e. The van der Waals surface area contributed by atoms with Gasteiger partial charge in [0, 0.05) is 10.9 Å². The molecule has 0 unspecified atom stereocenters. The van der Waals surface area contributed by atoms with Crippen molar-refractivity contribution >= 4 is 34.7 Å². The molecule has 0 radical (unpaired) electrons. The molecule has 1 aromatic heterocycles. The lowest BCUT2D eigenvalue weighted by Gasteiger charge is -2.20. The van der Waals surface area contributed by atoms with E-state index >= 15 is 0 Å². The number of pyridine rings is 1. The van der Waals surface area contributed by atoms with Crippen LogP contribution in [0.5, 0.6) is 5.75 Å². The van der Waals surface area contributed by atoms with Crippen LogP contribution in [-0.2, 0) is 4.79 Å². The van der Waals surface area contributed by atoms with Gasteiger partial charge in [0.05, 0.1) is 24.7 Å². The summed E-state index contributed by atoms with van der Waals surface area (Å²) in [5.74, 6) is 1.45. The number of carbonyl (C=O) groups is 1. The van der Waals surface area contributed by atoms with Gasteiger partial charge in [-0.2, -0.15) is 0 Å². The van der Waals surface area contributed by atoms with Crippen LogP contribution in [0, 0.1) is 5.92 Å². The maximum absolute atomic E-state index is 12.3. The van der Waals surface area contributed by atoms with Crippen LogP contribution in [0.15, 0.2) is 36.5 Å². The van der Waals surface area contributed by atoms with Crippen molar-refractivity contribution in [1.29, 1.82) is 0 Å². The standard InChI is InChI=1S/C19H22ClN3O2/c1-25-17-9-7-14(20)11-16(17)22-15-8-10-18(21-12-15)23-19(24)13-5-3-2-4-6-13/h7-13,22H,2-6H2,1H3,(H,21,23,24). The number of aromatic nitrogens is 1. The summed E-state index contributed by atoms with van der Waals surface area (Å²) in [6.45, 7) is 0. The normalized spacial score (nSPS) is 14.8. The molecule has 25 heavy (non-hydrogen) atoms. The average molecular weight is 360 g/mol. The van der Waals surface area contributed by atoms with Gasteiger partial charge in [0.1, 0.15) is 11.6 Å². The van der Waals surface area contributed by atoms with Gasteiger partial charge in [0.25, 0.3) is 0 Å². The van der Waals surface area contributed by atoms with E-state index in [9.17, 15) is 4.79 Å². The second-order valence-corrected chi connectivity index (χ2v) is 6.66.